The summed E-state index contributed by atoms with van der Waals surface area (Å²) in [6.07, 6.45) is 3.98. The number of nitrogens with zero attached hydrogens (tertiary/aromatic N) is 2. The van der Waals surface area contributed by atoms with Crippen LogP contribution in [0.3, 0.4) is 0 Å². The quantitative estimate of drug-likeness (QED) is 0.846. The Bertz CT molecular complexity index is 611. The molecule has 3 heterocycles. The van der Waals surface area contributed by atoms with Crippen LogP contribution in [-0.4, -0.2) is 65.2 Å². The Morgan fingerprint density at radius 3 is 2.73 bits per heavy atom. The zero-order valence-corrected chi connectivity index (χ0v) is 15.8. The molecule has 1 aromatic heterocycles. The van der Waals surface area contributed by atoms with Crippen molar-refractivity contribution in [3.05, 3.63) is 23.9 Å². The summed E-state index contributed by atoms with van der Waals surface area (Å²) < 4.78 is 10.8. The van der Waals surface area contributed by atoms with Crippen LogP contribution in [0.5, 0.6) is 5.88 Å². The van der Waals surface area contributed by atoms with Crippen molar-refractivity contribution < 1.29 is 19.1 Å². The first-order chi connectivity index (χ1) is 12.7. The molecular weight excluding hydrogens is 354 g/mol. The molecule has 1 unspecified atom stereocenters. The SMILES string of the molecule is CCOC(=O)N1CCC(NC(=O)c2ccc(OC3CCSC3)nc2)CC1. The first kappa shape index (κ1) is 18.8. The molecular formula is C18H25N3O4S. The van der Waals surface area contributed by atoms with Crippen LogP contribution in [0, 0.1) is 0 Å². The zero-order valence-electron chi connectivity index (χ0n) is 15.0. The molecule has 1 atom stereocenters. The molecule has 26 heavy (non-hydrogen) atoms. The van der Waals surface area contributed by atoms with E-state index < -0.39 is 0 Å². The van der Waals surface area contributed by atoms with Crippen LogP contribution in [-0.2, 0) is 4.74 Å². The van der Waals surface area contributed by atoms with Gasteiger partial charge in [-0.15, -0.1) is 0 Å². The number of thioether (sulfide) groups is 1. The minimum absolute atomic E-state index is 0.0552. The topological polar surface area (TPSA) is 80.8 Å². The van der Waals surface area contributed by atoms with E-state index in [1.165, 1.54) is 0 Å². The lowest BCUT2D eigenvalue weighted by Crippen LogP contribution is -2.46. The third-order valence-corrected chi connectivity index (χ3v) is 5.66. The van der Waals surface area contributed by atoms with Crippen molar-refractivity contribution in [1.29, 1.82) is 0 Å². The predicted molar refractivity (Wildman–Crippen MR) is 99.7 cm³/mol. The molecule has 0 bridgehead atoms. The number of carbonyl (C=O) groups is 2. The molecule has 0 radical (unpaired) electrons. The molecule has 2 aliphatic rings. The van der Waals surface area contributed by atoms with E-state index >= 15 is 0 Å². The van der Waals surface area contributed by atoms with E-state index in [0.717, 1.165) is 30.8 Å². The number of likely N-dealkylation sites (tertiary alicyclic amines) is 1. The van der Waals surface area contributed by atoms with Crippen molar-refractivity contribution in [3.8, 4) is 5.88 Å². The highest BCUT2D eigenvalue weighted by Crippen LogP contribution is 2.22. The van der Waals surface area contributed by atoms with Gasteiger partial charge >= 0.3 is 6.09 Å². The van der Waals surface area contributed by atoms with Gasteiger partial charge in [-0.3, -0.25) is 4.79 Å². The molecule has 0 aliphatic carbocycles. The van der Waals surface area contributed by atoms with E-state index in [9.17, 15) is 9.59 Å². The average Bonchev–Trinajstić information content (AvgIpc) is 3.16. The monoisotopic (exact) mass is 379 g/mol. The Labute approximate surface area is 157 Å². The Morgan fingerprint density at radius 2 is 2.12 bits per heavy atom. The largest absolute Gasteiger partial charge is 0.473 e. The lowest BCUT2D eigenvalue weighted by Gasteiger charge is -2.31. The van der Waals surface area contributed by atoms with Gasteiger partial charge in [0, 0.05) is 37.1 Å². The van der Waals surface area contributed by atoms with Gasteiger partial charge in [0.15, 0.2) is 0 Å². The van der Waals surface area contributed by atoms with Gasteiger partial charge in [0.2, 0.25) is 5.88 Å². The van der Waals surface area contributed by atoms with E-state index in [0.29, 0.717) is 31.1 Å². The van der Waals surface area contributed by atoms with Crippen molar-refractivity contribution in [1.82, 2.24) is 15.2 Å². The van der Waals surface area contributed by atoms with E-state index in [1.54, 1.807) is 30.2 Å². The standard InChI is InChI=1S/C18H25N3O4S/c1-2-24-18(23)21-8-5-14(6-9-21)20-17(22)13-3-4-16(19-11-13)25-15-7-10-26-12-15/h3-4,11,14-15H,2,5-10,12H2,1H3,(H,20,22). The van der Waals surface area contributed by atoms with Gasteiger partial charge in [-0.2, -0.15) is 11.8 Å². The van der Waals surface area contributed by atoms with Gasteiger partial charge < -0.3 is 19.7 Å². The first-order valence-electron chi connectivity index (χ1n) is 9.08. The Kier molecular flexibility index (Phi) is 6.60. The van der Waals surface area contributed by atoms with Gasteiger partial charge in [0.25, 0.3) is 5.91 Å². The highest BCUT2D eigenvalue weighted by molar-refractivity contribution is 7.99. The number of hydrogen-bond acceptors (Lipinski definition) is 6. The number of carbonyl (C=O) groups excluding carboxylic acids is 2. The number of rotatable bonds is 5. The third kappa shape index (κ3) is 5.03. The molecule has 0 saturated carbocycles. The van der Waals surface area contributed by atoms with Crippen LogP contribution in [0.15, 0.2) is 18.3 Å². The zero-order chi connectivity index (χ0) is 18.4. The van der Waals surface area contributed by atoms with Crippen LogP contribution in [0.25, 0.3) is 0 Å². The maximum Gasteiger partial charge on any atom is 0.409 e. The molecule has 2 aliphatic heterocycles. The number of aromatic nitrogens is 1. The smallest absolute Gasteiger partial charge is 0.409 e. The minimum Gasteiger partial charge on any atom is -0.473 e. The number of ether oxygens (including phenoxy) is 2. The summed E-state index contributed by atoms with van der Waals surface area (Å²) in [5.74, 6) is 2.54. The van der Waals surface area contributed by atoms with Crippen molar-refractivity contribution in [2.75, 3.05) is 31.2 Å². The highest BCUT2D eigenvalue weighted by atomic mass is 32.2. The minimum atomic E-state index is -0.280. The fourth-order valence-electron chi connectivity index (χ4n) is 3.05. The number of amides is 2. The van der Waals surface area contributed by atoms with Crippen molar-refractivity contribution in [3.63, 3.8) is 0 Å². The number of hydrogen-bond donors (Lipinski definition) is 1. The van der Waals surface area contributed by atoms with E-state index in [4.69, 9.17) is 9.47 Å². The number of nitrogens with one attached hydrogen (secondary N) is 1. The molecule has 1 N–H and O–H groups in total. The molecule has 3 rings (SSSR count). The Hall–Kier alpha value is -1.96. The molecule has 2 fully saturated rings. The molecule has 2 saturated heterocycles. The highest BCUT2D eigenvalue weighted by Gasteiger charge is 2.25. The second kappa shape index (κ2) is 9.12. The number of piperidine rings is 1. The lowest BCUT2D eigenvalue weighted by atomic mass is 10.0. The van der Waals surface area contributed by atoms with Gasteiger partial charge in [-0.05, 0) is 38.0 Å². The summed E-state index contributed by atoms with van der Waals surface area (Å²) in [5, 5.41) is 3.02. The molecule has 8 heteroatoms. The van der Waals surface area contributed by atoms with Crippen molar-refractivity contribution >= 4 is 23.8 Å². The normalized spacial score (nSPS) is 20.7. The second-order valence-corrected chi connectivity index (χ2v) is 7.57. The number of pyridine rings is 1. The maximum atomic E-state index is 12.4. The maximum absolute atomic E-state index is 12.4. The van der Waals surface area contributed by atoms with Gasteiger partial charge in [0.05, 0.1) is 12.2 Å². The molecule has 2 amide bonds. The molecule has 7 nitrogen and oxygen atoms in total. The van der Waals surface area contributed by atoms with Crippen LogP contribution in [0.2, 0.25) is 0 Å². The average molecular weight is 379 g/mol. The predicted octanol–water partition coefficient (Wildman–Crippen LogP) is 2.32. The molecule has 1 aromatic rings. The van der Waals surface area contributed by atoms with Crippen LogP contribution in [0.4, 0.5) is 4.79 Å². The fourth-order valence-corrected chi connectivity index (χ4v) is 4.14. The summed E-state index contributed by atoms with van der Waals surface area (Å²) in [7, 11) is 0. The van der Waals surface area contributed by atoms with Crippen molar-refractivity contribution in [2.45, 2.75) is 38.3 Å². The Balaban J connectivity index is 1.45. The first-order valence-corrected chi connectivity index (χ1v) is 10.2. The van der Waals surface area contributed by atoms with Crippen LogP contribution >= 0.6 is 11.8 Å². The third-order valence-electron chi connectivity index (χ3n) is 4.53. The fraction of sp³-hybridized carbons (Fsp3) is 0.611. The van der Waals surface area contributed by atoms with E-state index in [-0.39, 0.29) is 24.1 Å². The van der Waals surface area contributed by atoms with Crippen LogP contribution in [0.1, 0.15) is 36.5 Å². The van der Waals surface area contributed by atoms with Gasteiger partial charge in [-0.1, -0.05) is 0 Å². The van der Waals surface area contributed by atoms with Gasteiger partial charge in [0.1, 0.15) is 6.10 Å². The lowest BCUT2D eigenvalue weighted by molar-refractivity contribution is 0.0860. The van der Waals surface area contributed by atoms with Gasteiger partial charge in [-0.25, -0.2) is 9.78 Å². The molecule has 0 spiro atoms. The van der Waals surface area contributed by atoms with E-state index in [2.05, 4.69) is 10.3 Å². The summed E-state index contributed by atoms with van der Waals surface area (Å²) in [6.45, 7) is 3.35. The van der Waals surface area contributed by atoms with Crippen molar-refractivity contribution in [2.24, 2.45) is 0 Å². The Morgan fingerprint density at radius 1 is 1.31 bits per heavy atom. The molecule has 0 aromatic carbocycles. The summed E-state index contributed by atoms with van der Waals surface area (Å²) in [4.78, 5) is 30.0. The second-order valence-electron chi connectivity index (χ2n) is 6.42. The van der Waals surface area contributed by atoms with E-state index in [1.807, 2.05) is 11.8 Å². The summed E-state index contributed by atoms with van der Waals surface area (Å²) in [5.41, 5.74) is 0.519. The summed E-state index contributed by atoms with van der Waals surface area (Å²) in [6, 6.07) is 3.55. The van der Waals surface area contributed by atoms with Crippen LogP contribution < -0.4 is 10.1 Å². The molecule has 142 valence electrons. The summed E-state index contributed by atoms with van der Waals surface area (Å²) >= 11 is 1.88.